The molecule has 1 aromatic heterocycles. The number of nitrogens with one attached hydrogen (secondary N) is 1. The van der Waals surface area contributed by atoms with Crippen LogP contribution < -0.4 is 9.47 Å². The van der Waals surface area contributed by atoms with E-state index in [0.29, 0.717) is 36.0 Å². The Hall–Kier alpha value is -2.50. The van der Waals surface area contributed by atoms with Gasteiger partial charge in [0.15, 0.2) is 17.2 Å². The summed E-state index contributed by atoms with van der Waals surface area (Å²) >= 11 is 0. The summed E-state index contributed by atoms with van der Waals surface area (Å²) in [6.45, 7) is 1.01. The van der Waals surface area contributed by atoms with Gasteiger partial charge in [-0.25, -0.2) is 9.78 Å². The quantitative estimate of drug-likeness (QED) is 0.839. The van der Waals surface area contributed by atoms with Gasteiger partial charge in [0.05, 0.1) is 6.33 Å². The van der Waals surface area contributed by atoms with Gasteiger partial charge in [-0.15, -0.1) is 0 Å². The summed E-state index contributed by atoms with van der Waals surface area (Å²) < 4.78 is 10.9. The lowest BCUT2D eigenvalue weighted by atomic mass is 10.1. The van der Waals surface area contributed by atoms with E-state index in [2.05, 4.69) is 9.97 Å². The third kappa shape index (κ3) is 1.67. The monoisotopic (exact) mass is 246 g/mol. The molecule has 6 heteroatoms. The van der Waals surface area contributed by atoms with Crippen molar-refractivity contribution in [2.45, 2.75) is 0 Å². The van der Waals surface area contributed by atoms with E-state index in [1.54, 1.807) is 18.2 Å². The molecular formula is C12H10N2O4. The Balaban J connectivity index is 2.06. The number of fused-ring (bicyclic) bond motifs is 1. The van der Waals surface area contributed by atoms with Crippen molar-refractivity contribution in [3.05, 3.63) is 30.2 Å². The van der Waals surface area contributed by atoms with Crippen LogP contribution in [0, 0.1) is 0 Å². The molecule has 1 aromatic carbocycles. The van der Waals surface area contributed by atoms with E-state index >= 15 is 0 Å². The van der Waals surface area contributed by atoms with E-state index in [1.807, 2.05) is 0 Å². The Bertz CT molecular complexity index is 606. The molecule has 0 saturated carbocycles. The molecule has 1 aliphatic rings. The second kappa shape index (κ2) is 4.06. The van der Waals surface area contributed by atoms with Gasteiger partial charge in [0.2, 0.25) is 0 Å². The normalized spacial score (nSPS) is 13.3. The summed E-state index contributed by atoms with van der Waals surface area (Å²) in [4.78, 5) is 17.6. The number of aromatic nitrogens is 2. The third-order valence-corrected chi connectivity index (χ3v) is 2.67. The first-order valence-electron chi connectivity index (χ1n) is 5.42. The topological polar surface area (TPSA) is 84.4 Å². The first-order chi connectivity index (χ1) is 8.75. The first kappa shape index (κ1) is 10.6. The van der Waals surface area contributed by atoms with Crippen molar-refractivity contribution in [2.75, 3.05) is 13.2 Å². The molecule has 3 rings (SSSR count). The molecule has 0 aliphatic carbocycles. The van der Waals surface area contributed by atoms with Gasteiger partial charge in [0.25, 0.3) is 0 Å². The molecule has 92 valence electrons. The highest BCUT2D eigenvalue weighted by Gasteiger charge is 2.18. The lowest BCUT2D eigenvalue weighted by Crippen LogP contribution is -2.15. The van der Waals surface area contributed by atoms with E-state index in [-0.39, 0.29) is 5.69 Å². The van der Waals surface area contributed by atoms with Gasteiger partial charge in [0.1, 0.15) is 18.9 Å². The average Bonchev–Trinajstić information content (AvgIpc) is 2.87. The predicted molar refractivity (Wildman–Crippen MR) is 62.0 cm³/mol. The number of hydrogen-bond donors (Lipinski definition) is 2. The number of aromatic carboxylic acids is 1. The van der Waals surface area contributed by atoms with Crippen molar-refractivity contribution in [2.24, 2.45) is 0 Å². The van der Waals surface area contributed by atoms with Crippen LogP contribution in [0.4, 0.5) is 0 Å². The van der Waals surface area contributed by atoms with Crippen molar-refractivity contribution in [3.63, 3.8) is 0 Å². The zero-order valence-corrected chi connectivity index (χ0v) is 9.34. The summed E-state index contributed by atoms with van der Waals surface area (Å²) in [7, 11) is 0. The Labute approximate surface area is 102 Å². The van der Waals surface area contributed by atoms with Crippen LogP contribution in [0.5, 0.6) is 11.5 Å². The fourth-order valence-electron chi connectivity index (χ4n) is 1.87. The predicted octanol–water partition coefficient (Wildman–Crippen LogP) is 1.55. The highest BCUT2D eigenvalue weighted by atomic mass is 16.6. The van der Waals surface area contributed by atoms with Crippen LogP contribution in [0.15, 0.2) is 24.5 Å². The number of imidazole rings is 1. The number of carboxylic acids is 1. The van der Waals surface area contributed by atoms with E-state index in [4.69, 9.17) is 14.6 Å². The van der Waals surface area contributed by atoms with Crippen LogP contribution in [0.1, 0.15) is 10.5 Å². The van der Waals surface area contributed by atoms with Crippen LogP contribution in [-0.2, 0) is 0 Å². The van der Waals surface area contributed by atoms with E-state index < -0.39 is 5.97 Å². The Morgan fingerprint density at radius 3 is 2.83 bits per heavy atom. The highest BCUT2D eigenvalue weighted by Crippen LogP contribution is 2.34. The van der Waals surface area contributed by atoms with Crippen molar-refractivity contribution in [3.8, 4) is 22.8 Å². The van der Waals surface area contributed by atoms with Crippen LogP contribution in [0.25, 0.3) is 11.3 Å². The van der Waals surface area contributed by atoms with Crippen LogP contribution in [0.2, 0.25) is 0 Å². The van der Waals surface area contributed by atoms with E-state index in [1.165, 1.54) is 6.33 Å². The molecule has 1 aliphatic heterocycles. The Morgan fingerprint density at radius 2 is 2.06 bits per heavy atom. The van der Waals surface area contributed by atoms with Gasteiger partial charge in [-0.1, -0.05) is 0 Å². The number of nitrogens with zero attached hydrogens (tertiary/aromatic N) is 1. The van der Waals surface area contributed by atoms with Crippen LogP contribution in [0.3, 0.4) is 0 Å². The minimum absolute atomic E-state index is 0.0617. The smallest absolute Gasteiger partial charge is 0.354 e. The summed E-state index contributed by atoms with van der Waals surface area (Å²) in [5, 5.41) is 9.03. The van der Waals surface area contributed by atoms with Gasteiger partial charge >= 0.3 is 5.97 Å². The van der Waals surface area contributed by atoms with Crippen LogP contribution in [-0.4, -0.2) is 34.3 Å². The van der Waals surface area contributed by atoms with E-state index in [9.17, 15) is 4.79 Å². The molecule has 0 fully saturated rings. The molecule has 2 heterocycles. The molecule has 0 bridgehead atoms. The molecule has 0 amide bonds. The number of H-pyrrole nitrogens is 1. The molecule has 2 aromatic rings. The van der Waals surface area contributed by atoms with Crippen molar-refractivity contribution < 1.29 is 19.4 Å². The highest BCUT2D eigenvalue weighted by molar-refractivity contribution is 5.92. The number of benzene rings is 1. The molecule has 2 N–H and O–H groups in total. The molecule has 0 unspecified atom stereocenters. The van der Waals surface area contributed by atoms with Gasteiger partial charge in [0, 0.05) is 5.56 Å². The maximum Gasteiger partial charge on any atom is 0.354 e. The zero-order chi connectivity index (χ0) is 12.5. The SMILES string of the molecule is O=C(O)c1[nH]cnc1-c1ccc2c(c1)OCCO2. The van der Waals surface area contributed by atoms with E-state index in [0.717, 1.165) is 0 Å². The molecule has 0 atom stereocenters. The Kier molecular flexibility index (Phi) is 2.40. The summed E-state index contributed by atoms with van der Waals surface area (Å²) in [5.41, 5.74) is 1.13. The minimum atomic E-state index is -1.04. The number of carbonyl (C=O) groups is 1. The number of ether oxygens (including phenoxy) is 2. The molecule has 0 radical (unpaired) electrons. The van der Waals surface area contributed by atoms with Crippen LogP contribution >= 0.6 is 0 Å². The van der Waals surface area contributed by atoms with Gasteiger partial charge in [-0.2, -0.15) is 0 Å². The maximum atomic E-state index is 11.0. The molecule has 6 nitrogen and oxygen atoms in total. The first-order valence-corrected chi connectivity index (χ1v) is 5.42. The molecule has 0 saturated heterocycles. The lowest BCUT2D eigenvalue weighted by molar-refractivity contribution is 0.0692. The third-order valence-electron chi connectivity index (χ3n) is 2.67. The maximum absolute atomic E-state index is 11.0. The van der Waals surface area contributed by atoms with Gasteiger partial charge < -0.3 is 19.6 Å². The fourth-order valence-corrected chi connectivity index (χ4v) is 1.87. The van der Waals surface area contributed by atoms with Crippen molar-refractivity contribution in [1.82, 2.24) is 9.97 Å². The fraction of sp³-hybridized carbons (Fsp3) is 0.167. The zero-order valence-electron chi connectivity index (χ0n) is 9.34. The average molecular weight is 246 g/mol. The van der Waals surface area contributed by atoms with Gasteiger partial charge in [-0.3, -0.25) is 0 Å². The van der Waals surface area contributed by atoms with Crippen molar-refractivity contribution in [1.29, 1.82) is 0 Å². The second-order valence-electron chi connectivity index (χ2n) is 3.79. The van der Waals surface area contributed by atoms with Crippen molar-refractivity contribution >= 4 is 5.97 Å². The number of carboxylic acid groups (broad SMARTS) is 1. The number of hydrogen-bond acceptors (Lipinski definition) is 4. The summed E-state index contributed by atoms with van der Waals surface area (Å²) in [6.07, 6.45) is 1.36. The van der Waals surface area contributed by atoms with Gasteiger partial charge in [-0.05, 0) is 18.2 Å². The molecule has 18 heavy (non-hydrogen) atoms. The molecule has 0 spiro atoms. The minimum Gasteiger partial charge on any atom is -0.486 e. The summed E-state index contributed by atoms with van der Waals surface area (Å²) in [6, 6.07) is 5.25. The second-order valence-corrected chi connectivity index (χ2v) is 3.79. The standard InChI is InChI=1S/C12H10N2O4/c15-12(16)11-10(13-6-14-11)7-1-2-8-9(5-7)18-4-3-17-8/h1-2,5-6H,3-4H2,(H,13,14)(H,15,16). The largest absolute Gasteiger partial charge is 0.486 e. The molecular weight excluding hydrogens is 236 g/mol. The summed E-state index contributed by atoms with van der Waals surface area (Å²) in [5.74, 6) is 0.230. The number of aromatic amines is 1. The lowest BCUT2D eigenvalue weighted by Gasteiger charge is -2.18. The number of rotatable bonds is 2. The Morgan fingerprint density at radius 1 is 1.28 bits per heavy atom.